The number of nitriles is 2. The third kappa shape index (κ3) is 4.17. The summed E-state index contributed by atoms with van der Waals surface area (Å²) in [6.07, 6.45) is 8.72. The zero-order chi connectivity index (χ0) is 24.7. The summed E-state index contributed by atoms with van der Waals surface area (Å²) in [5.74, 6) is -1.19. The molecule has 0 radical (unpaired) electrons. The number of hydrogen-bond donors (Lipinski definition) is 1. The van der Waals surface area contributed by atoms with E-state index in [0.717, 1.165) is 30.6 Å². The average molecular weight is 467 g/mol. The van der Waals surface area contributed by atoms with Crippen LogP contribution < -0.4 is 10.5 Å². The van der Waals surface area contributed by atoms with Crippen molar-refractivity contribution in [2.24, 2.45) is 21.6 Å². The molecule has 3 rings (SSSR count). The standard InChI is InChI=1S/C27H38N4O3/c1-4-7-8-9-10-11-18-32-22-14-12-21(13-15-22)23-25(19-28)24(30)31-27(33-16-5-2,34-17-6-3)26(23,25)20-29/h12-15,23H,4-11,16-18H2,1-3H3,(H2,30,31). The van der Waals surface area contributed by atoms with Crippen molar-refractivity contribution in [1.29, 1.82) is 10.5 Å². The number of benzene rings is 1. The van der Waals surface area contributed by atoms with Gasteiger partial charge in [0.2, 0.25) is 0 Å². The van der Waals surface area contributed by atoms with Crippen molar-refractivity contribution < 1.29 is 14.2 Å². The molecule has 2 N–H and O–H groups in total. The van der Waals surface area contributed by atoms with Gasteiger partial charge in [-0.3, -0.25) is 0 Å². The van der Waals surface area contributed by atoms with Gasteiger partial charge in [0.1, 0.15) is 17.0 Å². The molecule has 1 aliphatic carbocycles. The van der Waals surface area contributed by atoms with E-state index in [1.807, 2.05) is 38.1 Å². The van der Waals surface area contributed by atoms with Crippen LogP contribution in [0.1, 0.15) is 83.6 Å². The van der Waals surface area contributed by atoms with Crippen LogP contribution in [0.3, 0.4) is 0 Å². The predicted octanol–water partition coefficient (Wildman–Crippen LogP) is 5.42. The fourth-order valence-corrected chi connectivity index (χ4v) is 5.17. The molecule has 1 aromatic rings. The highest BCUT2D eigenvalue weighted by molar-refractivity contribution is 6.00. The first kappa shape index (κ1) is 26.0. The van der Waals surface area contributed by atoms with Crippen LogP contribution in [0.25, 0.3) is 0 Å². The van der Waals surface area contributed by atoms with Gasteiger partial charge in [-0.05, 0) is 37.0 Å². The summed E-state index contributed by atoms with van der Waals surface area (Å²) in [6.45, 7) is 7.54. The Kier molecular flexibility index (Phi) is 8.57. The maximum atomic E-state index is 10.4. The molecular formula is C27H38N4O3. The fraction of sp³-hybridized carbons (Fsp3) is 0.667. The molecule has 1 heterocycles. The minimum Gasteiger partial charge on any atom is -0.494 e. The maximum absolute atomic E-state index is 10.4. The SMILES string of the molecule is CCCCCCCCOc1ccc(C2C3(C#N)C(N)=NC(OCCC)(OCCC)C23C#N)cc1. The van der Waals surface area contributed by atoms with Gasteiger partial charge in [-0.25, -0.2) is 4.99 Å². The van der Waals surface area contributed by atoms with Crippen LogP contribution >= 0.6 is 0 Å². The molecule has 34 heavy (non-hydrogen) atoms. The molecule has 1 aromatic carbocycles. The van der Waals surface area contributed by atoms with Gasteiger partial charge in [0.25, 0.3) is 5.91 Å². The second kappa shape index (κ2) is 11.2. The van der Waals surface area contributed by atoms with E-state index in [2.05, 4.69) is 24.1 Å². The monoisotopic (exact) mass is 466 g/mol. The highest BCUT2D eigenvalue weighted by atomic mass is 16.7. The molecule has 0 aromatic heterocycles. The van der Waals surface area contributed by atoms with Crippen molar-refractivity contribution in [1.82, 2.24) is 0 Å². The Morgan fingerprint density at radius 2 is 1.47 bits per heavy atom. The van der Waals surface area contributed by atoms with Gasteiger partial charge < -0.3 is 19.9 Å². The van der Waals surface area contributed by atoms with Crippen LogP contribution in [-0.2, 0) is 9.47 Å². The first-order valence-corrected chi connectivity index (χ1v) is 12.7. The molecule has 0 bridgehead atoms. The highest BCUT2D eigenvalue weighted by Crippen LogP contribution is 2.82. The normalized spacial score (nSPS) is 26.3. The lowest BCUT2D eigenvalue weighted by atomic mass is 9.93. The van der Waals surface area contributed by atoms with Crippen molar-refractivity contribution in [2.75, 3.05) is 19.8 Å². The number of nitrogens with zero attached hydrogens (tertiary/aromatic N) is 3. The second-order valence-electron chi connectivity index (χ2n) is 9.23. The summed E-state index contributed by atoms with van der Waals surface area (Å²) < 4.78 is 18.1. The third-order valence-electron chi connectivity index (χ3n) is 6.91. The number of ether oxygens (including phenoxy) is 3. The van der Waals surface area contributed by atoms with Gasteiger partial charge >= 0.3 is 0 Å². The molecule has 7 nitrogen and oxygen atoms in total. The number of rotatable bonds is 15. The van der Waals surface area contributed by atoms with Gasteiger partial charge in [-0.2, -0.15) is 10.5 Å². The molecule has 3 atom stereocenters. The first-order valence-electron chi connectivity index (χ1n) is 12.7. The van der Waals surface area contributed by atoms with Gasteiger partial charge in [0, 0.05) is 5.92 Å². The van der Waals surface area contributed by atoms with Crippen LogP contribution in [0.4, 0.5) is 0 Å². The average Bonchev–Trinajstić information content (AvgIpc) is 3.44. The van der Waals surface area contributed by atoms with E-state index in [0.29, 0.717) is 19.8 Å². The third-order valence-corrected chi connectivity index (χ3v) is 6.91. The number of aliphatic imine (C=N–C) groups is 1. The zero-order valence-corrected chi connectivity index (χ0v) is 20.8. The van der Waals surface area contributed by atoms with E-state index in [4.69, 9.17) is 19.9 Å². The van der Waals surface area contributed by atoms with E-state index in [1.165, 1.54) is 32.1 Å². The fourth-order valence-electron chi connectivity index (χ4n) is 5.17. The van der Waals surface area contributed by atoms with Crippen molar-refractivity contribution in [3.8, 4) is 17.9 Å². The minimum absolute atomic E-state index is 0.108. The van der Waals surface area contributed by atoms with Crippen LogP contribution in [-0.4, -0.2) is 31.6 Å². The molecule has 1 saturated carbocycles. The molecule has 184 valence electrons. The van der Waals surface area contributed by atoms with Gasteiger partial charge in [0.15, 0.2) is 5.41 Å². The number of unbranched alkanes of at least 4 members (excludes halogenated alkanes) is 5. The van der Waals surface area contributed by atoms with E-state index in [9.17, 15) is 10.5 Å². The lowest BCUT2D eigenvalue weighted by Crippen LogP contribution is -2.44. The van der Waals surface area contributed by atoms with E-state index >= 15 is 0 Å². The van der Waals surface area contributed by atoms with Crippen molar-refractivity contribution in [2.45, 2.75) is 84.0 Å². The Morgan fingerprint density at radius 1 is 0.853 bits per heavy atom. The number of nitrogens with two attached hydrogens (primary N) is 1. The lowest BCUT2D eigenvalue weighted by Gasteiger charge is -2.32. The smallest absolute Gasteiger partial charge is 0.293 e. The van der Waals surface area contributed by atoms with Crippen molar-refractivity contribution >= 4 is 5.84 Å². The van der Waals surface area contributed by atoms with Crippen molar-refractivity contribution in [3.63, 3.8) is 0 Å². The summed E-state index contributed by atoms with van der Waals surface area (Å²) in [7, 11) is 0. The number of hydrogen-bond acceptors (Lipinski definition) is 7. The topological polar surface area (TPSA) is 114 Å². The number of amidine groups is 1. The van der Waals surface area contributed by atoms with Gasteiger partial charge in [-0.15, -0.1) is 0 Å². The van der Waals surface area contributed by atoms with E-state index in [-0.39, 0.29) is 5.84 Å². The summed E-state index contributed by atoms with van der Waals surface area (Å²) in [5.41, 5.74) is 4.55. The summed E-state index contributed by atoms with van der Waals surface area (Å²) in [5, 5.41) is 20.6. The predicted molar refractivity (Wildman–Crippen MR) is 131 cm³/mol. The Balaban J connectivity index is 1.77. The molecule has 1 aliphatic heterocycles. The Morgan fingerprint density at radius 3 is 2.03 bits per heavy atom. The van der Waals surface area contributed by atoms with Crippen LogP contribution in [0.5, 0.6) is 5.75 Å². The molecule has 0 saturated heterocycles. The van der Waals surface area contributed by atoms with Crippen molar-refractivity contribution in [3.05, 3.63) is 29.8 Å². The van der Waals surface area contributed by atoms with E-state index in [1.54, 1.807) is 0 Å². The Hall–Kier alpha value is -2.61. The molecular weight excluding hydrogens is 428 g/mol. The molecule has 3 unspecified atom stereocenters. The molecule has 0 amide bonds. The quantitative estimate of drug-likeness (QED) is 0.273. The minimum atomic E-state index is -1.58. The maximum Gasteiger partial charge on any atom is 0.293 e. The number of fused-ring (bicyclic) bond motifs is 1. The molecule has 2 aliphatic rings. The first-order chi connectivity index (χ1) is 16.5. The largest absolute Gasteiger partial charge is 0.494 e. The zero-order valence-electron chi connectivity index (χ0n) is 20.8. The van der Waals surface area contributed by atoms with Crippen LogP contribution in [0.15, 0.2) is 29.3 Å². The van der Waals surface area contributed by atoms with Crippen LogP contribution in [0.2, 0.25) is 0 Å². The Labute approximate surface area is 203 Å². The van der Waals surface area contributed by atoms with Crippen LogP contribution in [0, 0.1) is 33.5 Å². The van der Waals surface area contributed by atoms with E-state index < -0.39 is 22.7 Å². The Bertz CT molecular complexity index is 925. The van der Waals surface area contributed by atoms with Gasteiger partial charge in [0.05, 0.1) is 32.0 Å². The molecule has 0 spiro atoms. The molecule has 1 fully saturated rings. The molecule has 7 heteroatoms. The summed E-state index contributed by atoms with van der Waals surface area (Å²) in [4.78, 5) is 4.46. The second-order valence-corrected chi connectivity index (χ2v) is 9.23. The summed E-state index contributed by atoms with van der Waals surface area (Å²) in [6, 6.07) is 12.3. The lowest BCUT2D eigenvalue weighted by molar-refractivity contribution is -0.259. The highest BCUT2D eigenvalue weighted by Gasteiger charge is 2.93. The van der Waals surface area contributed by atoms with Gasteiger partial charge in [-0.1, -0.05) is 65.0 Å². The summed E-state index contributed by atoms with van der Waals surface area (Å²) >= 11 is 0.